The lowest BCUT2D eigenvalue weighted by atomic mass is 10.1. The number of carbonyl (C=O) groups excluding carboxylic acids is 1. The number of amides is 1. The second-order valence-electron chi connectivity index (χ2n) is 8.48. The fourth-order valence-electron chi connectivity index (χ4n) is 4.32. The summed E-state index contributed by atoms with van der Waals surface area (Å²) in [6.07, 6.45) is 0. The van der Waals surface area contributed by atoms with Crippen LogP contribution in [0.15, 0.2) is 71.6 Å². The summed E-state index contributed by atoms with van der Waals surface area (Å²) in [5.74, 6) is 0.464. The molecular formula is C26H26N4O4S. The van der Waals surface area contributed by atoms with Crippen LogP contribution in [-0.2, 0) is 14.8 Å². The SMILES string of the molecule is Cc1ccc(S(=O)(=O)N2CCOCC2)cc1C(=O)Nc1ccc2c(c1)nc(C)n2-c1ccccc1. The summed E-state index contributed by atoms with van der Waals surface area (Å²) < 4.78 is 34.8. The maximum absolute atomic E-state index is 13.2. The Morgan fingerprint density at radius 3 is 2.46 bits per heavy atom. The third-order valence-corrected chi connectivity index (χ3v) is 8.05. The third kappa shape index (κ3) is 4.45. The average Bonchev–Trinajstić information content (AvgIpc) is 3.20. The van der Waals surface area contributed by atoms with Crippen LogP contribution >= 0.6 is 0 Å². The van der Waals surface area contributed by atoms with Crippen molar-refractivity contribution in [3.05, 3.63) is 83.7 Å². The summed E-state index contributed by atoms with van der Waals surface area (Å²) in [6, 6.07) is 20.2. The number of sulfonamides is 1. The van der Waals surface area contributed by atoms with E-state index >= 15 is 0 Å². The highest BCUT2D eigenvalue weighted by atomic mass is 32.2. The number of anilines is 1. The molecule has 0 bridgehead atoms. The molecule has 0 spiro atoms. The lowest BCUT2D eigenvalue weighted by Crippen LogP contribution is -2.40. The molecule has 0 unspecified atom stereocenters. The lowest BCUT2D eigenvalue weighted by molar-refractivity contribution is 0.0730. The minimum atomic E-state index is -3.70. The molecule has 1 aliphatic heterocycles. The number of hydrogen-bond acceptors (Lipinski definition) is 5. The molecule has 1 amide bonds. The van der Waals surface area contributed by atoms with Crippen LogP contribution in [0.3, 0.4) is 0 Å². The van der Waals surface area contributed by atoms with E-state index in [4.69, 9.17) is 4.74 Å². The molecule has 3 aromatic carbocycles. The predicted octanol–water partition coefficient (Wildman–Crippen LogP) is 3.92. The van der Waals surface area contributed by atoms with Gasteiger partial charge in [-0.3, -0.25) is 9.36 Å². The van der Waals surface area contributed by atoms with E-state index in [1.54, 1.807) is 19.1 Å². The summed E-state index contributed by atoms with van der Waals surface area (Å²) in [7, 11) is -3.70. The molecule has 1 aromatic heterocycles. The first-order chi connectivity index (χ1) is 16.8. The van der Waals surface area contributed by atoms with E-state index in [9.17, 15) is 13.2 Å². The van der Waals surface area contributed by atoms with Crippen molar-refractivity contribution in [1.29, 1.82) is 0 Å². The van der Waals surface area contributed by atoms with Gasteiger partial charge < -0.3 is 10.1 Å². The molecule has 35 heavy (non-hydrogen) atoms. The Bertz CT molecular complexity index is 1510. The number of rotatable bonds is 5. The fraction of sp³-hybridized carbons (Fsp3) is 0.231. The summed E-state index contributed by atoms with van der Waals surface area (Å²) in [4.78, 5) is 17.9. The van der Waals surface area contributed by atoms with Gasteiger partial charge in [0, 0.05) is 30.0 Å². The molecule has 4 aromatic rings. The van der Waals surface area contributed by atoms with E-state index in [-0.39, 0.29) is 10.8 Å². The molecule has 1 fully saturated rings. The number of benzene rings is 3. The first kappa shape index (κ1) is 23.2. The molecular weight excluding hydrogens is 464 g/mol. The summed E-state index contributed by atoms with van der Waals surface area (Å²) in [6.45, 7) is 5.05. The van der Waals surface area contributed by atoms with Gasteiger partial charge in [-0.1, -0.05) is 24.3 Å². The van der Waals surface area contributed by atoms with Gasteiger partial charge in [-0.25, -0.2) is 13.4 Å². The van der Waals surface area contributed by atoms with Crippen LogP contribution in [0.4, 0.5) is 5.69 Å². The van der Waals surface area contributed by atoms with E-state index in [1.807, 2.05) is 55.5 Å². The number of fused-ring (bicyclic) bond motifs is 1. The van der Waals surface area contributed by atoms with E-state index in [2.05, 4.69) is 14.9 Å². The Labute approximate surface area is 204 Å². The van der Waals surface area contributed by atoms with Gasteiger partial charge in [0.05, 0.1) is 29.1 Å². The van der Waals surface area contributed by atoms with Gasteiger partial charge in [-0.15, -0.1) is 0 Å². The molecule has 5 rings (SSSR count). The topological polar surface area (TPSA) is 93.5 Å². The lowest BCUT2D eigenvalue weighted by Gasteiger charge is -2.26. The van der Waals surface area contributed by atoms with Gasteiger partial charge in [0.2, 0.25) is 10.0 Å². The number of aromatic nitrogens is 2. The van der Waals surface area contributed by atoms with Gasteiger partial charge in [0.15, 0.2) is 0 Å². The number of morpholine rings is 1. The first-order valence-electron chi connectivity index (χ1n) is 11.4. The number of carbonyl (C=O) groups is 1. The highest BCUT2D eigenvalue weighted by Crippen LogP contribution is 2.25. The molecule has 1 aliphatic rings. The van der Waals surface area contributed by atoms with Crippen molar-refractivity contribution >= 4 is 32.7 Å². The smallest absolute Gasteiger partial charge is 0.255 e. The van der Waals surface area contributed by atoms with E-state index < -0.39 is 10.0 Å². The maximum Gasteiger partial charge on any atom is 0.255 e. The van der Waals surface area contributed by atoms with Crippen LogP contribution in [-0.4, -0.2) is 54.5 Å². The summed E-state index contributed by atoms with van der Waals surface area (Å²) in [5, 5.41) is 2.90. The highest BCUT2D eigenvalue weighted by Gasteiger charge is 2.27. The zero-order chi connectivity index (χ0) is 24.6. The van der Waals surface area contributed by atoms with Crippen LogP contribution in [0.5, 0.6) is 0 Å². The van der Waals surface area contributed by atoms with Crippen molar-refractivity contribution in [3.63, 3.8) is 0 Å². The van der Waals surface area contributed by atoms with Crippen molar-refractivity contribution in [2.75, 3.05) is 31.6 Å². The number of aryl methyl sites for hydroxylation is 2. The second kappa shape index (κ2) is 9.26. The van der Waals surface area contributed by atoms with Crippen molar-refractivity contribution < 1.29 is 17.9 Å². The summed E-state index contributed by atoms with van der Waals surface area (Å²) in [5.41, 5.74) is 4.28. The van der Waals surface area contributed by atoms with Gasteiger partial charge in [0.1, 0.15) is 5.82 Å². The number of nitrogens with one attached hydrogen (secondary N) is 1. The zero-order valence-electron chi connectivity index (χ0n) is 19.6. The first-order valence-corrected chi connectivity index (χ1v) is 12.8. The van der Waals surface area contributed by atoms with Gasteiger partial charge in [0.25, 0.3) is 5.91 Å². The van der Waals surface area contributed by atoms with Gasteiger partial charge in [-0.2, -0.15) is 4.31 Å². The monoisotopic (exact) mass is 490 g/mol. The van der Waals surface area contributed by atoms with Crippen LogP contribution in [0, 0.1) is 13.8 Å². The molecule has 0 atom stereocenters. The van der Waals surface area contributed by atoms with E-state index in [0.717, 1.165) is 22.5 Å². The van der Waals surface area contributed by atoms with Crippen LogP contribution in [0.2, 0.25) is 0 Å². The molecule has 1 N–H and O–H groups in total. The average molecular weight is 491 g/mol. The quantitative estimate of drug-likeness (QED) is 0.458. The van der Waals surface area contributed by atoms with Crippen molar-refractivity contribution in [1.82, 2.24) is 13.9 Å². The van der Waals surface area contributed by atoms with Crippen LogP contribution < -0.4 is 5.32 Å². The van der Waals surface area contributed by atoms with Crippen molar-refractivity contribution in [2.24, 2.45) is 0 Å². The second-order valence-corrected chi connectivity index (χ2v) is 10.4. The number of imidazole rings is 1. The third-order valence-electron chi connectivity index (χ3n) is 6.16. The van der Waals surface area contributed by atoms with E-state index in [0.29, 0.717) is 43.1 Å². The van der Waals surface area contributed by atoms with Gasteiger partial charge >= 0.3 is 0 Å². The molecule has 180 valence electrons. The molecule has 0 radical (unpaired) electrons. The predicted molar refractivity (Wildman–Crippen MR) is 135 cm³/mol. The zero-order valence-corrected chi connectivity index (χ0v) is 20.4. The molecule has 1 saturated heterocycles. The number of nitrogens with zero attached hydrogens (tertiary/aromatic N) is 3. The molecule has 0 aliphatic carbocycles. The van der Waals surface area contributed by atoms with Crippen LogP contribution in [0.25, 0.3) is 16.7 Å². The largest absolute Gasteiger partial charge is 0.379 e. The Morgan fingerprint density at radius 2 is 1.71 bits per heavy atom. The fourth-order valence-corrected chi connectivity index (χ4v) is 5.76. The molecule has 2 heterocycles. The minimum Gasteiger partial charge on any atom is -0.379 e. The molecule has 8 nitrogen and oxygen atoms in total. The number of para-hydroxylation sites is 1. The molecule has 9 heteroatoms. The highest BCUT2D eigenvalue weighted by molar-refractivity contribution is 7.89. The van der Waals surface area contributed by atoms with Gasteiger partial charge in [-0.05, 0) is 61.9 Å². The Balaban J connectivity index is 1.43. The van der Waals surface area contributed by atoms with Crippen LogP contribution in [0.1, 0.15) is 21.7 Å². The number of hydrogen-bond donors (Lipinski definition) is 1. The standard InChI is InChI=1S/C26H26N4O4S/c1-18-8-10-22(35(32,33)29-12-14-34-15-13-29)17-23(18)26(31)28-20-9-11-25-24(16-20)27-19(2)30(25)21-6-4-3-5-7-21/h3-11,16-17H,12-15H2,1-2H3,(H,28,31). The Morgan fingerprint density at radius 1 is 0.971 bits per heavy atom. The molecule has 0 saturated carbocycles. The summed E-state index contributed by atoms with van der Waals surface area (Å²) >= 11 is 0. The van der Waals surface area contributed by atoms with Crippen molar-refractivity contribution in [3.8, 4) is 5.69 Å². The number of ether oxygens (including phenoxy) is 1. The van der Waals surface area contributed by atoms with Crippen molar-refractivity contribution in [2.45, 2.75) is 18.7 Å². The maximum atomic E-state index is 13.2. The van der Waals surface area contributed by atoms with E-state index in [1.165, 1.54) is 10.4 Å². The minimum absolute atomic E-state index is 0.0998. The Kier molecular flexibility index (Phi) is 6.14. The Hall–Kier alpha value is -3.53. The normalized spacial score (nSPS) is 14.8.